The third-order valence-electron chi connectivity index (χ3n) is 5.33. The molecule has 1 amide bonds. The Kier molecular flexibility index (Phi) is 7.99. The average molecular weight is 481 g/mol. The SMILES string of the molecule is CC(C)(C)c1ccccc1OCCNC(=O)c1ccc(N(Cc2ccccc2)S(C)(=O)=O)cc1. The second-order valence-corrected chi connectivity index (χ2v) is 11.1. The zero-order valence-corrected chi connectivity index (χ0v) is 20.9. The lowest BCUT2D eigenvalue weighted by Crippen LogP contribution is -2.30. The number of hydrogen-bond acceptors (Lipinski definition) is 4. The number of anilines is 1. The fourth-order valence-electron chi connectivity index (χ4n) is 3.57. The molecule has 0 aliphatic heterocycles. The third-order valence-corrected chi connectivity index (χ3v) is 6.47. The first-order valence-electron chi connectivity index (χ1n) is 11.2. The molecule has 0 aliphatic rings. The van der Waals surface area contributed by atoms with Crippen molar-refractivity contribution >= 4 is 21.6 Å². The first kappa shape index (κ1) is 25.3. The molecule has 0 radical (unpaired) electrons. The molecule has 7 heteroatoms. The number of sulfonamides is 1. The summed E-state index contributed by atoms with van der Waals surface area (Å²) in [7, 11) is -3.49. The summed E-state index contributed by atoms with van der Waals surface area (Å²) in [6, 6.07) is 23.8. The molecular formula is C27H32N2O4S. The molecule has 6 nitrogen and oxygen atoms in total. The highest BCUT2D eigenvalue weighted by atomic mass is 32.2. The Bertz CT molecular complexity index is 1200. The molecular weight excluding hydrogens is 448 g/mol. The lowest BCUT2D eigenvalue weighted by atomic mass is 9.86. The van der Waals surface area contributed by atoms with Crippen LogP contribution in [-0.2, 0) is 22.0 Å². The van der Waals surface area contributed by atoms with E-state index in [0.29, 0.717) is 24.4 Å². The van der Waals surface area contributed by atoms with Crippen LogP contribution in [0.1, 0.15) is 42.3 Å². The van der Waals surface area contributed by atoms with Gasteiger partial charge >= 0.3 is 0 Å². The highest BCUT2D eigenvalue weighted by Crippen LogP contribution is 2.30. The van der Waals surface area contributed by atoms with Gasteiger partial charge in [0.15, 0.2) is 0 Å². The molecule has 0 aromatic heterocycles. The number of carbonyl (C=O) groups excluding carboxylic acids is 1. The van der Waals surface area contributed by atoms with Crippen LogP contribution < -0.4 is 14.4 Å². The van der Waals surface area contributed by atoms with Crippen molar-refractivity contribution in [1.29, 1.82) is 0 Å². The minimum atomic E-state index is -3.49. The van der Waals surface area contributed by atoms with Gasteiger partial charge in [0.05, 0.1) is 25.0 Å². The van der Waals surface area contributed by atoms with Crippen molar-refractivity contribution in [3.8, 4) is 5.75 Å². The van der Waals surface area contributed by atoms with Crippen LogP contribution in [0, 0.1) is 0 Å². The molecule has 0 aliphatic carbocycles. The van der Waals surface area contributed by atoms with Gasteiger partial charge in [0.2, 0.25) is 10.0 Å². The maximum absolute atomic E-state index is 12.6. The molecule has 3 aromatic carbocycles. The summed E-state index contributed by atoms with van der Waals surface area (Å²) in [6.45, 7) is 7.30. The Morgan fingerprint density at radius 3 is 2.15 bits per heavy atom. The Balaban J connectivity index is 1.59. The van der Waals surface area contributed by atoms with E-state index in [1.165, 1.54) is 10.6 Å². The van der Waals surface area contributed by atoms with Crippen LogP contribution in [0.2, 0.25) is 0 Å². The molecule has 0 unspecified atom stereocenters. The van der Waals surface area contributed by atoms with Crippen molar-refractivity contribution in [3.05, 3.63) is 95.6 Å². The van der Waals surface area contributed by atoms with Crippen LogP contribution in [0.15, 0.2) is 78.9 Å². The summed E-state index contributed by atoms with van der Waals surface area (Å²) in [5.74, 6) is 0.570. The molecule has 3 rings (SSSR count). The fourth-order valence-corrected chi connectivity index (χ4v) is 4.46. The number of rotatable bonds is 9. The van der Waals surface area contributed by atoms with E-state index in [9.17, 15) is 13.2 Å². The van der Waals surface area contributed by atoms with Crippen LogP contribution >= 0.6 is 0 Å². The predicted octanol–water partition coefficient (Wildman–Crippen LogP) is 4.76. The quantitative estimate of drug-likeness (QED) is 0.448. The van der Waals surface area contributed by atoms with Gasteiger partial charge in [0, 0.05) is 5.56 Å². The summed E-state index contributed by atoms with van der Waals surface area (Å²) in [6.07, 6.45) is 1.17. The monoisotopic (exact) mass is 480 g/mol. The highest BCUT2D eigenvalue weighted by Gasteiger charge is 2.19. The molecule has 0 spiro atoms. The molecule has 0 atom stereocenters. The maximum atomic E-state index is 12.6. The summed E-state index contributed by atoms with van der Waals surface area (Å²) < 4.78 is 32.0. The van der Waals surface area contributed by atoms with E-state index in [1.807, 2.05) is 54.6 Å². The van der Waals surface area contributed by atoms with E-state index in [0.717, 1.165) is 16.9 Å². The number of carbonyl (C=O) groups is 1. The molecule has 180 valence electrons. The normalized spacial score (nSPS) is 11.6. The van der Waals surface area contributed by atoms with Gasteiger partial charge in [-0.25, -0.2) is 8.42 Å². The van der Waals surface area contributed by atoms with Crippen LogP contribution in [0.25, 0.3) is 0 Å². The lowest BCUT2D eigenvalue weighted by molar-refractivity contribution is 0.0947. The van der Waals surface area contributed by atoms with E-state index in [-0.39, 0.29) is 17.9 Å². The highest BCUT2D eigenvalue weighted by molar-refractivity contribution is 7.92. The van der Waals surface area contributed by atoms with Crippen molar-refractivity contribution in [2.24, 2.45) is 0 Å². The molecule has 1 N–H and O–H groups in total. The molecule has 0 saturated carbocycles. The summed E-state index contributed by atoms with van der Waals surface area (Å²) in [5, 5.41) is 2.85. The molecule has 0 bridgehead atoms. The van der Waals surface area contributed by atoms with Gasteiger partial charge in [-0.3, -0.25) is 9.10 Å². The van der Waals surface area contributed by atoms with Crippen molar-refractivity contribution in [3.63, 3.8) is 0 Å². The van der Waals surface area contributed by atoms with Crippen LogP contribution in [-0.4, -0.2) is 33.7 Å². The summed E-state index contributed by atoms with van der Waals surface area (Å²) >= 11 is 0. The number of para-hydroxylation sites is 1. The minimum absolute atomic E-state index is 0.0397. The largest absolute Gasteiger partial charge is 0.491 e. The Labute approximate surface area is 202 Å². The lowest BCUT2D eigenvalue weighted by Gasteiger charge is -2.23. The van der Waals surface area contributed by atoms with Crippen LogP contribution in [0.3, 0.4) is 0 Å². The molecule has 3 aromatic rings. The number of nitrogens with one attached hydrogen (secondary N) is 1. The molecule has 34 heavy (non-hydrogen) atoms. The zero-order valence-electron chi connectivity index (χ0n) is 20.1. The van der Waals surface area contributed by atoms with Crippen molar-refractivity contribution in [1.82, 2.24) is 5.32 Å². The standard InChI is InChI=1S/C27H32N2O4S/c1-27(2,3)24-12-8-9-13-25(24)33-19-18-28-26(30)22-14-16-23(17-15-22)29(34(4,31)32)20-21-10-6-5-7-11-21/h5-17H,18-20H2,1-4H3,(H,28,30). The number of ether oxygens (including phenoxy) is 1. The van der Waals surface area contributed by atoms with Gasteiger partial charge < -0.3 is 10.1 Å². The van der Waals surface area contributed by atoms with E-state index >= 15 is 0 Å². The fraction of sp³-hybridized carbons (Fsp3) is 0.296. The minimum Gasteiger partial charge on any atom is -0.491 e. The van der Waals surface area contributed by atoms with E-state index < -0.39 is 10.0 Å². The number of hydrogen-bond donors (Lipinski definition) is 1. The van der Waals surface area contributed by atoms with Gasteiger partial charge in [0.25, 0.3) is 5.91 Å². The van der Waals surface area contributed by atoms with Crippen molar-refractivity contribution in [2.75, 3.05) is 23.7 Å². The number of amides is 1. The first-order valence-corrected chi connectivity index (χ1v) is 13.0. The summed E-state index contributed by atoms with van der Waals surface area (Å²) in [4.78, 5) is 12.6. The molecule has 0 heterocycles. The topological polar surface area (TPSA) is 75.7 Å². The van der Waals surface area contributed by atoms with Gasteiger partial charge in [-0.15, -0.1) is 0 Å². The number of nitrogens with zero attached hydrogens (tertiary/aromatic N) is 1. The van der Waals surface area contributed by atoms with E-state index in [1.54, 1.807) is 24.3 Å². The molecule has 0 saturated heterocycles. The van der Waals surface area contributed by atoms with E-state index in [4.69, 9.17) is 4.74 Å². The second-order valence-electron chi connectivity index (χ2n) is 9.15. The van der Waals surface area contributed by atoms with Crippen LogP contribution in [0.5, 0.6) is 5.75 Å². The Morgan fingerprint density at radius 1 is 0.912 bits per heavy atom. The second kappa shape index (κ2) is 10.7. The Morgan fingerprint density at radius 2 is 1.53 bits per heavy atom. The van der Waals surface area contributed by atoms with Crippen molar-refractivity contribution < 1.29 is 17.9 Å². The summed E-state index contributed by atoms with van der Waals surface area (Å²) in [5.41, 5.74) is 2.91. The predicted molar refractivity (Wildman–Crippen MR) is 137 cm³/mol. The van der Waals surface area contributed by atoms with Gasteiger partial charge in [0.1, 0.15) is 12.4 Å². The average Bonchev–Trinajstić information content (AvgIpc) is 2.80. The van der Waals surface area contributed by atoms with Crippen LogP contribution in [0.4, 0.5) is 5.69 Å². The third kappa shape index (κ3) is 6.84. The molecule has 0 fully saturated rings. The van der Waals surface area contributed by atoms with E-state index in [2.05, 4.69) is 26.1 Å². The number of benzene rings is 3. The first-order chi connectivity index (χ1) is 16.1. The van der Waals surface area contributed by atoms with Gasteiger partial charge in [-0.05, 0) is 46.9 Å². The smallest absolute Gasteiger partial charge is 0.251 e. The van der Waals surface area contributed by atoms with Gasteiger partial charge in [-0.2, -0.15) is 0 Å². The van der Waals surface area contributed by atoms with Gasteiger partial charge in [-0.1, -0.05) is 69.3 Å². The van der Waals surface area contributed by atoms with Crippen molar-refractivity contribution in [2.45, 2.75) is 32.7 Å². The Hall–Kier alpha value is -3.32. The zero-order chi connectivity index (χ0) is 24.8. The maximum Gasteiger partial charge on any atom is 0.251 e.